The number of carboxylic acid groups (broad SMARTS) is 1. The fourth-order valence-corrected chi connectivity index (χ4v) is 1.87. The summed E-state index contributed by atoms with van der Waals surface area (Å²) in [4.78, 5) is 23.3. The number of aliphatic carboxylic acids is 1. The van der Waals surface area contributed by atoms with E-state index in [-0.39, 0.29) is 18.1 Å². The number of amides is 2. The lowest BCUT2D eigenvalue weighted by molar-refractivity contribution is -0.136. The van der Waals surface area contributed by atoms with E-state index in [9.17, 15) is 14.0 Å². The number of rotatable bonds is 4. The normalized spacial score (nSPS) is 14.7. The summed E-state index contributed by atoms with van der Waals surface area (Å²) in [5.41, 5.74) is 0.904. The molecule has 1 aliphatic heterocycles. The summed E-state index contributed by atoms with van der Waals surface area (Å²) in [6, 6.07) is 4.00. The zero-order valence-electron chi connectivity index (χ0n) is 9.65. The summed E-state index contributed by atoms with van der Waals surface area (Å²) >= 11 is 0. The fraction of sp³-hybridized carbons (Fsp3) is 0.333. The molecule has 0 unspecified atom stereocenters. The quantitative estimate of drug-likeness (QED) is 0.850. The summed E-state index contributed by atoms with van der Waals surface area (Å²) in [6.07, 6.45) is 0.301. The molecular formula is C12H13FN2O3. The first-order chi connectivity index (χ1) is 8.58. The Morgan fingerprint density at radius 1 is 1.50 bits per heavy atom. The van der Waals surface area contributed by atoms with Gasteiger partial charge in [-0.2, -0.15) is 0 Å². The molecule has 1 aliphatic rings. The van der Waals surface area contributed by atoms with Crippen molar-refractivity contribution in [2.45, 2.75) is 12.8 Å². The van der Waals surface area contributed by atoms with Gasteiger partial charge in [0.15, 0.2) is 0 Å². The van der Waals surface area contributed by atoms with Gasteiger partial charge in [-0.3, -0.25) is 9.69 Å². The van der Waals surface area contributed by atoms with Crippen LogP contribution in [0.4, 0.5) is 14.9 Å². The average molecular weight is 252 g/mol. The number of halogens is 1. The number of carboxylic acids is 1. The molecule has 1 heterocycles. The molecule has 1 saturated heterocycles. The second-order valence-corrected chi connectivity index (χ2v) is 4.06. The van der Waals surface area contributed by atoms with Gasteiger partial charge in [0.25, 0.3) is 0 Å². The Kier molecular flexibility index (Phi) is 3.45. The molecule has 2 N–H and O–H groups in total. The summed E-state index contributed by atoms with van der Waals surface area (Å²) in [5.74, 6) is -1.38. The maximum Gasteiger partial charge on any atom is 0.322 e. The van der Waals surface area contributed by atoms with Crippen molar-refractivity contribution < 1.29 is 19.1 Å². The molecule has 2 rings (SSSR count). The number of nitrogens with one attached hydrogen (secondary N) is 1. The Morgan fingerprint density at radius 2 is 2.28 bits per heavy atom. The van der Waals surface area contributed by atoms with Crippen LogP contribution in [-0.2, 0) is 11.2 Å². The zero-order chi connectivity index (χ0) is 13.1. The number of anilines is 1. The van der Waals surface area contributed by atoms with Crippen molar-refractivity contribution >= 4 is 17.7 Å². The number of urea groups is 1. The van der Waals surface area contributed by atoms with Crippen LogP contribution in [0.25, 0.3) is 0 Å². The molecule has 5 nitrogen and oxygen atoms in total. The van der Waals surface area contributed by atoms with E-state index in [4.69, 9.17) is 5.11 Å². The lowest BCUT2D eigenvalue weighted by Crippen LogP contribution is -2.28. The largest absolute Gasteiger partial charge is 0.481 e. The van der Waals surface area contributed by atoms with Crippen molar-refractivity contribution in [2.75, 3.05) is 18.0 Å². The highest BCUT2D eigenvalue weighted by molar-refractivity contribution is 5.94. The van der Waals surface area contributed by atoms with Crippen LogP contribution in [0.1, 0.15) is 12.0 Å². The van der Waals surface area contributed by atoms with Crippen LogP contribution in [0, 0.1) is 5.82 Å². The molecule has 0 radical (unpaired) electrons. The van der Waals surface area contributed by atoms with Crippen LogP contribution in [-0.4, -0.2) is 30.2 Å². The van der Waals surface area contributed by atoms with Crippen LogP contribution in [0.2, 0.25) is 0 Å². The van der Waals surface area contributed by atoms with Gasteiger partial charge in [-0.15, -0.1) is 0 Å². The van der Waals surface area contributed by atoms with Crippen LogP contribution in [0.5, 0.6) is 0 Å². The highest BCUT2D eigenvalue weighted by Gasteiger charge is 2.23. The van der Waals surface area contributed by atoms with Gasteiger partial charge in [-0.05, 0) is 24.1 Å². The molecule has 96 valence electrons. The SMILES string of the molecule is O=C(O)CCc1ccc(F)c(N2CCNC2=O)c1. The minimum Gasteiger partial charge on any atom is -0.481 e. The number of hydrogen-bond donors (Lipinski definition) is 2. The summed E-state index contributed by atoms with van der Waals surface area (Å²) < 4.78 is 13.7. The van der Waals surface area contributed by atoms with E-state index in [1.807, 2.05) is 0 Å². The van der Waals surface area contributed by atoms with Gasteiger partial charge >= 0.3 is 12.0 Å². The van der Waals surface area contributed by atoms with Gasteiger partial charge in [0.2, 0.25) is 0 Å². The third-order valence-corrected chi connectivity index (χ3v) is 2.79. The van der Waals surface area contributed by atoms with Crippen LogP contribution < -0.4 is 10.2 Å². The van der Waals surface area contributed by atoms with E-state index in [0.717, 1.165) is 0 Å². The molecule has 0 aliphatic carbocycles. The van der Waals surface area contributed by atoms with Gasteiger partial charge < -0.3 is 10.4 Å². The van der Waals surface area contributed by atoms with Crippen LogP contribution >= 0.6 is 0 Å². The van der Waals surface area contributed by atoms with E-state index >= 15 is 0 Å². The molecule has 2 amide bonds. The molecule has 0 spiro atoms. The molecular weight excluding hydrogens is 239 g/mol. The van der Waals surface area contributed by atoms with Gasteiger partial charge in [0.05, 0.1) is 5.69 Å². The maximum atomic E-state index is 13.7. The minimum atomic E-state index is -0.903. The highest BCUT2D eigenvalue weighted by Crippen LogP contribution is 2.23. The number of carbonyl (C=O) groups excluding carboxylic acids is 1. The van der Waals surface area contributed by atoms with Crippen molar-refractivity contribution in [3.63, 3.8) is 0 Å². The van der Waals surface area contributed by atoms with E-state index in [1.165, 1.54) is 23.1 Å². The summed E-state index contributed by atoms with van der Waals surface area (Å²) in [7, 11) is 0. The van der Waals surface area contributed by atoms with Gasteiger partial charge in [-0.25, -0.2) is 9.18 Å². The number of benzene rings is 1. The van der Waals surface area contributed by atoms with Crippen LogP contribution in [0.15, 0.2) is 18.2 Å². The Labute approximate surface area is 103 Å². The number of aryl methyl sites for hydroxylation is 1. The first-order valence-corrected chi connectivity index (χ1v) is 5.63. The molecule has 0 saturated carbocycles. The van der Waals surface area contributed by atoms with Crippen LogP contribution in [0.3, 0.4) is 0 Å². The topological polar surface area (TPSA) is 69.6 Å². The lowest BCUT2D eigenvalue weighted by Gasteiger charge is -2.16. The van der Waals surface area contributed by atoms with Crippen molar-refractivity contribution in [3.05, 3.63) is 29.6 Å². The third kappa shape index (κ3) is 2.58. The number of hydrogen-bond acceptors (Lipinski definition) is 2. The van der Waals surface area contributed by atoms with Crippen molar-refractivity contribution in [2.24, 2.45) is 0 Å². The Morgan fingerprint density at radius 3 is 2.89 bits per heavy atom. The minimum absolute atomic E-state index is 0.0166. The average Bonchev–Trinajstić information content (AvgIpc) is 2.74. The zero-order valence-corrected chi connectivity index (χ0v) is 9.65. The fourth-order valence-electron chi connectivity index (χ4n) is 1.87. The summed E-state index contributed by atoms with van der Waals surface area (Å²) in [5, 5.41) is 11.2. The van der Waals surface area contributed by atoms with Crippen molar-refractivity contribution in [1.82, 2.24) is 5.32 Å². The second-order valence-electron chi connectivity index (χ2n) is 4.06. The van der Waals surface area contributed by atoms with Gasteiger partial charge in [0, 0.05) is 19.5 Å². The van der Waals surface area contributed by atoms with Crippen molar-refractivity contribution in [3.8, 4) is 0 Å². The maximum absolute atomic E-state index is 13.7. The number of carbonyl (C=O) groups is 2. The molecule has 18 heavy (non-hydrogen) atoms. The molecule has 1 fully saturated rings. The van der Waals surface area contributed by atoms with Gasteiger partial charge in [-0.1, -0.05) is 6.07 Å². The Bertz CT molecular complexity index is 490. The molecule has 6 heteroatoms. The second kappa shape index (κ2) is 5.03. The van der Waals surface area contributed by atoms with E-state index in [0.29, 0.717) is 25.1 Å². The highest BCUT2D eigenvalue weighted by atomic mass is 19.1. The molecule has 1 aromatic carbocycles. The Balaban J connectivity index is 2.21. The Hall–Kier alpha value is -2.11. The lowest BCUT2D eigenvalue weighted by atomic mass is 10.1. The van der Waals surface area contributed by atoms with E-state index in [2.05, 4.69) is 5.32 Å². The first kappa shape index (κ1) is 12.3. The van der Waals surface area contributed by atoms with Crippen molar-refractivity contribution in [1.29, 1.82) is 0 Å². The summed E-state index contributed by atoms with van der Waals surface area (Å²) in [6.45, 7) is 0.899. The molecule has 0 aromatic heterocycles. The standard InChI is InChI=1S/C12H13FN2O3/c13-9-3-1-8(2-4-11(16)17)7-10(9)15-6-5-14-12(15)18/h1,3,7H,2,4-6H2,(H,14,18)(H,16,17). The smallest absolute Gasteiger partial charge is 0.322 e. The number of nitrogens with zero attached hydrogens (tertiary/aromatic N) is 1. The monoisotopic (exact) mass is 252 g/mol. The third-order valence-electron chi connectivity index (χ3n) is 2.79. The van der Waals surface area contributed by atoms with E-state index < -0.39 is 11.8 Å². The first-order valence-electron chi connectivity index (χ1n) is 5.63. The van der Waals surface area contributed by atoms with Gasteiger partial charge in [0.1, 0.15) is 5.82 Å². The van der Waals surface area contributed by atoms with E-state index in [1.54, 1.807) is 0 Å². The predicted octanol–water partition coefficient (Wildman–Crippen LogP) is 1.37. The molecule has 1 aromatic rings. The molecule has 0 bridgehead atoms. The molecule has 0 atom stereocenters. The predicted molar refractivity (Wildman–Crippen MR) is 63.1 cm³/mol.